The van der Waals surface area contributed by atoms with Crippen LogP contribution >= 0.6 is 0 Å². The Bertz CT molecular complexity index is 198. The topological polar surface area (TPSA) is 42.9 Å². The zero-order valence-electron chi connectivity index (χ0n) is 5.53. The van der Waals surface area contributed by atoms with Gasteiger partial charge in [0.25, 0.3) is 0 Å². The molecule has 0 aliphatic rings. The molecule has 0 spiro atoms. The molecule has 1 heterocycles. The predicted octanol–water partition coefficient (Wildman–Crippen LogP) is 0.608. The third-order valence-electron chi connectivity index (χ3n) is 1.16. The van der Waals surface area contributed by atoms with Gasteiger partial charge in [-0.2, -0.15) is 0 Å². The number of carbonyl (C=O) groups is 1. The Morgan fingerprint density at radius 3 is 2.70 bits per heavy atom. The molecule has 0 atom stereocenters. The van der Waals surface area contributed by atoms with Crippen molar-refractivity contribution in [3.63, 3.8) is 0 Å². The van der Waals surface area contributed by atoms with E-state index in [9.17, 15) is 4.79 Å². The molecule has 0 fully saturated rings. The van der Waals surface area contributed by atoms with Crippen LogP contribution in [0.4, 0.5) is 0 Å². The van der Waals surface area contributed by atoms with Crippen LogP contribution in [0, 0.1) is 0 Å². The van der Waals surface area contributed by atoms with Crippen molar-refractivity contribution >= 4 is 6.29 Å². The summed E-state index contributed by atoms with van der Waals surface area (Å²) in [5, 5.41) is 0. The van der Waals surface area contributed by atoms with Crippen LogP contribution in [0.5, 0.6) is 0 Å². The highest BCUT2D eigenvalue weighted by Gasteiger charge is 1.89. The summed E-state index contributed by atoms with van der Waals surface area (Å²) in [6.45, 7) is 0. The lowest BCUT2D eigenvalue weighted by Gasteiger charge is -1.91. The SMILES string of the molecule is O=CCCc1cncnc1. The van der Waals surface area contributed by atoms with Gasteiger partial charge in [0.2, 0.25) is 0 Å². The van der Waals surface area contributed by atoms with Crippen LogP contribution in [0.3, 0.4) is 0 Å². The standard InChI is InChI=1S/C7H8N2O/c10-3-1-2-7-4-8-6-9-5-7/h3-6H,1-2H2. The first-order valence-corrected chi connectivity index (χ1v) is 3.11. The maximum absolute atomic E-state index is 9.94. The second kappa shape index (κ2) is 3.71. The van der Waals surface area contributed by atoms with Gasteiger partial charge in [-0.1, -0.05) is 0 Å². The molecular formula is C7H8N2O. The summed E-state index contributed by atoms with van der Waals surface area (Å²) in [5.41, 5.74) is 1.01. The highest BCUT2D eigenvalue weighted by molar-refractivity contribution is 5.49. The van der Waals surface area contributed by atoms with Crippen LogP contribution in [0.25, 0.3) is 0 Å². The zero-order valence-corrected chi connectivity index (χ0v) is 5.53. The first-order valence-electron chi connectivity index (χ1n) is 3.11. The minimum absolute atomic E-state index is 0.549. The molecule has 52 valence electrons. The normalized spacial score (nSPS) is 9.20. The maximum Gasteiger partial charge on any atom is 0.120 e. The number of nitrogens with zero attached hydrogens (tertiary/aromatic N) is 2. The molecule has 0 aliphatic carbocycles. The number of aromatic nitrogens is 2. The minimum atomic E-state index is 0.549. The first kappa shape index (κ1) is 6.86. The van der Waals surface area contributed by atoms with Crippen molar-refractivity contribution in [1.29, 1.82) is 0 Å². The van der Waals surface area contributed by atoms with Crippen molar-refractivity contribution < 1.29 is 4.79 Å². The predicted molar refractivity (Wildman–Crippen MR) is 36.4 cm³/mol. The van der Waals surface area contributed by atoms with Gasteiger partial charge in [-0.25, -0.2) is 9.97 Å². The Morgan fingerprint density at radius 2 is 2.10 bits per heavy atom. The van der Waals surface area contributed by atoms with Crippen molar-refractivity contribution in [2.24, 2.45) is 0 Å². The Kier molecular flexibility index (Phi) is 2.55. The number of carbonyl (C=O) groups excluding carboxylic acids is 1. The largest absolute Gasteiger partial charge is 0.303 e. The number of aryl methyl sites for hydroxylation is 1. The molecule has 10 heavy (non-hydrogen) atoms. The van der Waals surface area contributed by atoms with E-state index in [-0.39, 0.29) is 0 Å². The summed E-state index contributed by atoms with van der Waals surface area (Å²) >= 11 is 0. The van der Waals surface area contributed by atoms with Crippen molar-refractivity contribution in [2.45, 2.75) is 12.8 Å². The Morgan fingerprint density at radius 1 is 1.40 bits per heavy atom. The van der Waals surface area contributed by atoms with Crippen LogP contribution in [0.2, 0.25) is 0 Å². The van der Waals surface area contributed by atoms with Crippen LogP contribution < -0.4 is 0 Å². The Hall–Kier alpha value is -1.25. The van der Waals surface area contributed by atoms with Crippen LogP contribution in [0.1, 0.15) is 12.0 Å². The molecule has 3 nitrogen and oxygen atoms in total. The fraction of sp³-hybridized carbons (Fsp3) is 0.286. The summed E-state index contributed by atoms with van der Waals surface area (Å²) in [5.74, 6) is 0. The quantitative estimate of drug-likeness (QED) is 0.572. The lowest BCUT2D eigenvalue weighted by molar-refractivity contribution is -0.107. The van der Waals surface area contributed by atoms with Crippen molar-refractivity contribution in [3.05, 3.63) is 24.3 Å². The lowest BCUT2D eigenvalue weighted by Crippen LogP contribution is -1.87. The Balaban J connectivity index is 2.50. The van der Waals surface area contributed by atoms with Gasteiger partial charge in [0.05, 0.1) is 0 Å². The summed E-state index contributed by atoms with van der Waals surface area (Å²) in [6.07, 6.45) is 7.10. The van der Waals surface area contributed by atoms with Gasteiger partial charge in [-0.05, 0) is 12.0 Å². The molecule has 0 amide bonds. The van der Waals surface area contributed by atoms with Crippen molar-refractivity contribution in [3.8, 4) is 0 Å². The van der Waals surface area contributed by atoms with Gasteiger partial charge in [-0.15, -0.1) is 0 Å². The molecule has 0 aromatic carbocycles. The highest BCUT2D eigenvalue weighted by Crippen LogP contribution is 1.95. The summed E-state index contributed by atoms with van der Waals surface area (Å²) < 4.78 is 0. The number of rotatable bonds is 3. The van der Waals surface area contributed by atoms with Crippen molar-refractivity contribution in [2.75, 3.05) is 0 Å². The first-order chi connectivity index (χ1) is 4.93. The third-order valence-corrected chi connectivity index (χ3v) is 1.16. The average Bonchev–Trinajstić information content (AvgIpc) is 2.03. The van der Waals surface area contributed by atoms with Gasteiger partial charge in [0.1, 0.15) is 12.6 Å². The molecule has 0 bridgehead atoms. The second-order valence-electron chi connectivity index (χ2n) is 1.95. The van der Waals surface area contributed by atoms with Crippen LogP contribution in [0.15, 0.2) is 18.7 Å². The molecule has 0 radical (unpaired) electrons. The summed E-state index contributed by atoms with van der Waals surface area (Å²) in [4.78, 5) is 17.6. The van der Waals surface area contributed by atoms with E-state index in [0.717, 1.165) is 18.3 Å². The van der Waals surface area contributed by atoms with E-state index in [0.29, 0.717) is 6.42 Å². The number of hydrogen-bond acceptors (Lipinski definition) is 3. The molecule has 0 saturated carbocycles. The van der Waals surface area contributed by atoms with Crippen LogP contribution in [-0.2, 0) is 11.2 Å². The Labute approximate surface area is 59.1 Å². The van der Waals surface area contributed by atoms with Gasteiger partial charge >= 0.3 is 0 Å². The van der Waals surface area contributed by atoms with Gasteiger partial charge in [-0.3, -0.25) is 0 Å². The summed E-state index contributed by atoms with van der Waals surface area (Å²) in [6, 6.07) is 0. The molecule has 0 N–H and O–H groups in total. The van der Waals surface area contributed by atoms with Crippen LogP contribution in [-0.4, -0.2) is 16.3 Å². The minimum Gasteiger partial charge on any atom is -0.303 e. The summed E-state index contributed by atoms with van der Waals surface area (Å²) in [7, 11) is 0. The molecule has 3 heteroatoms. The van der Waals surface area contributed by atoms with Gasteiger partial charge < -0.3 is 4.79 Å². The van der Waals surface area contributed by atoms with E-state index < -0.39 is 0 Å². The van der Waals surface area contributed by atoms with Gasteiger partial charge in [0.15, 0.2) is 0 Å². The molecule has 1 aromatic rings. The monoisotopic (exact) mass is 136 g/mol. The fourth-order valence-corrected chi connectivity index (χ4v) is 0.685. The van der Waals surface area contributed by atoms with E-state index in [1.54, 1.807) is 12.4 Å². The smallest absolute Gasteiger partial charge is 0.120 e. The van der Waals surface area contributed by atoms with Crippen molar-refractivity contribution in [1.82, 2.24) is 9.97 Å². The molecule has 1 aromatic heterocycles. The molecule has 0 saturated heterocycles. The van der Waals surface area contributed by atoms with E-state index in [1.165, 1.54) is 6.33 Å². The van der Waals surface area contributed by atoms with E-state index in [2.05, 4.69) is 9.97 Å². The number of aldehydes is 1. The highest BCUT2D eigenvalue weighted by atomic mass is 16.1. The zero-order chi connectivity index (χ0) is 7.23. The lowest BCUT2D eigenvalue weighted by atomic mass is 10.2. The molecular weight excluding hydrogens is 128 g/mol. The van der Waals surface area contributed by atoms with E-state index in [4.69, 9.17) is 0 Å². The maximum atomic E-state index is 9.94. The van der Waals surface area contributed by atoms with E-state index in [1.807, 2.05) is 0 Å². The second-order valence-corrected chi connectivity index (χ2v) is 1.95. The number of hydrogen-bond donors (Lipinski definition) is 0. The molecule has 0 aliphatic heterocycles. The average molecular weight is 136 g/mol. The third kappa shape index (κ3) is 1.93. The molecule has 0 unspecified atom stereocenters. The molecule has 1 rings (SSSR count). The fourth-order valence-electron chi connectivity index (χ4n) is 0.685. The van der Waals surface area contributed by atoms with Gasteiger partial charge in [0, 0.05) is 18.8 Å². The van der Waals surface area contributed by atoms with E-state index >= 15 is 0 Å².